The van der Waals surface area contributed by atoms with E-state index < -0.39 is 6.16 Å². The Morgan fingerprint density at radius 2 is 1.85 bits per heavy atom. The van der Waals surface area contributed by atoms with Crippen LogP contribution in [0.25, 0.3) is 16.9 Å². The molecule has 0 unspecified atom stereocenters. The van der Waals surface area contributed by atoms with Gasteiger partial charge in [-0.25, -0.2) is 9.48 Å². The molecule has 0 aliphatic rings. The Bertz CT molecular complexity index is 957. The fraction of sp³-hybridized carbons (Fsp3) is 0.111. The van der Waals surface area contributed by atoms with Crippen molar-refractivity contribution < 1.29 is 14.3 Å². The van der Waals surface area contributed by atoms with Crippen LogP contribution in [0.2, 0.25) is 15.1 Å². The molecule has 8 heteroatoms. The number of benzene rings is 2. The highest BCUT2D eigenvalue weighted by molar-refractivity contribution is 6.36. The number of carbonyl (C=O) groups is 1. The number of nitrogens with zero attached hydrogens (tertiary/aromatic N) is 2. The zero-order valence-corrected chi connectivity index (χ0v) is 15.8. The molecule has 0 saturated carbocycles. The van der Waals surface area contributed by atoms with E-state index >= 15 is 0 Å². The first-order valence-corrected chi connectivity index (χ1v) is 8.77. The maximum atomic E-state index is 11.6. The summed E-state index contributed by atoms with van der Waals surface area (Å²) in [6, 6.07) is 13.8. The van der Waals surface area contributed by atoms with Gasteiger partial charge in [0.25, 0.3) is 0 Å². The van der Waals surface area contributed by atoms with E-state index in [1.165, 1.54) is 0 Å². The highest BCUT2D eigenvalue weighted by Gasteiger charge is 2.18. The molecule has 0 spiro atoms. The van der Waals surface area contributed by atoms with Crippen molar-refractivity contribution in [3.8, 4) is 22.8 Å². The normalized spacial score (nSPS) is 10.6. The second-order valence-electron chi connectivity index (χ2n) is 5.17. The van der Waals surface area contributed by atoms with Gasteiger partial charge in [0.2, 0.25) is 5.88 Å². The van der Waals surface area contributed by atoms with Crippen molar-refractivity contribution in [2.24, 2.45) is 0 Å². The molecule has 0 N–H and O–H groups in total. The molecule has 0 saturated heterocycles. The Balaban J connectivity index is 2.11. The SMILES string of the molecule is CCOC(=O)Oc1cc(-c2ccc(Cl)cc2Cl)n(-c2cccc(Cl)c2)n1. The summed E-state index contributed by atoms with van der Waals surface area (Å²) in [5.41, 5.74) is 1.95. The number of ether oxygens (including phenoxy) is 2. The van der Waals surface area contributed by atoms with Crippen molar-refractivity contribution in [3.63, 3.8) is 0 Å². The van der Waals surface area contributed by atoms with Crippen molar-refractivity contribution in [1.82, 2.24) is 9.78 Å². The van der Waals surface area contributed by atoms with Crippen molar-refractivity contribution >= 4 is 41.0 Å². The minimum Gasteiger partial charge on any atom is -0.434 e. The van der Waals surface area contributed by atoms with E-state index in [9.17, 15) is 4.79 Å². The molecule has 134 valence electrons. The van der Waals surface area contributed by atoms with Crippen LogP contribution in [0.4, 0.5) is 4.79 Å². The fourth-order valence-electron chi connectivity index (χ4n) is 2.34. The summed E-state index contributed by atoms with van der Waals surface area (Å²) in [6.07, 6.45) is -0.836. The fourth-order valence-corrected chi connectivity index (χ4v) is 3.03. The van der Waals surface area contributed by atoms with Gasteiger partial charge in [0.15, 0.2) is 0 Å². The van der Waals surface area contributed by atoms with Crippen molar-refractivity contribution in [1.29, 1.82) is 0 Å². The molecular weight excluding hydrogens is 399 g/mol. The van der Waals surface area contributed by atoms with Crippen molar-refractivity contribution in [3.05, 3.63) is 63.6 Å². The lowest BCUT2D eigenvalue weighted by atomic mass is 10.1. The van der Waals surface area contributed by atoms with Gasteiger partial charge in [-0.2, -0.15) is 0 Å². The lowest BCUT2D eigenvalue weighted by Crippen LogP contribution is -2.10. The summed E-state index contributed by atoms with van der Waals surface area (Å²) in [4.78, 5) is 11.6. The van der Waals surface area contributed by atoms with Crippen LogP contribution in [-0.4, -0.2) is 22.5 Å². The molecule has 0 aliphatic carbocycles. The van der Waals surface area contributed by atoms with Crippen LogP contribution in [0.1, 0.15) is 6.92 Å². The standard InChI is InChI=1S/C18H13Cl3N2O3/c1-2-25-18(24)26-17-10-16(14-7-6-12(20)9-15(14)21)23(22-17)13-5-3-4-11(19)8-13/h3-10H,2H2,1H3. The number of rotatable bonds is 4. The predicted molar refractivity (Wildman–Crippen MR) is 102 cm³/mol. The Kier molecular flexibility index (Phi) is 5.71. The first-order valence-electron chi connectivity index (χ1n) is 7.64. The number of hydrogen-bond acceptors (Lipinski definition) is 4. The molecule has 3 rings (SSSR count). The molecule has 1 heterocycles. The second-order valence-corrected chi connectivity index (χ2v) is 6.45. The van der Waals surface area contributed by atoms with Crippen LogP contribution >= 0.6 is 34.8 Å². The average molecular weight is 412 g/mol. The van der Waals surface area contributed by atoms with Crippen molar-refractivity contribution in [2.45, 2.75) is 6.92 Å². The van der Waals surface area contributed by atoms with Crippen LogP contribution < -0.4 is 4.74 Å². The smallest absolute Gasteiger partial charge is 0.434 e. The van der Waals surface area contributed by atoms with Gasteiger partial charge in [-0.05, 0) is 43.3 Å². The summed E-state index contributed by atoms with van der Waals surface area (Å²) in [6.45, 7) is 1.88. The van der Waals surface area contributed by atoms with Crippen LogP contribution in [0.15, 0.2) is 48.5 Å². The summed E-state index contributed by atoms with van der Waals surface area (Å²) in [5.74, 6) is 0.0736. The summed E-state index contributed by atoms with van der Waals surface area (Å²) >= 11 is 18.4. The molecule has 0 fully saturated rings. The van der Waals surface area contributed by atoms with Crippen LogP contribution in [0, 0.1) is 0 Å². The molecule has 0 atom stereocenters. The molecule has 0 radical (unpaired) electrons. The highest BCUT2D eigenvalue weighted by atomic mass is 35.5. The van der Waals surface area contributed by atoms with Gasteiger partial charge in [-0.15, -0.1) is 5.10 Å². The highest BCUT2D eigenvalue weighted by Crippen LogP contribution is 2.34. The zero-order chi connectivity index (χ0) is 18.7. The molecule has 0 aliphatic heterocycles. The molecule has 0 amide bonds. The number of carbonyl (C=O) groups excluding carboxylic acids is 1. The van der Waals surface area contributed by atoms with Crippen LogP contribution in [0.3, 0.4) is 0 Å². The van der Waals surface area contributed by atoms with Gasteiger partial charge < -0.3 is 9.47 Å². The van der Waals surface area contributed by atoms with E-state index in [0.29, 0.717) is 32.0 Å². The van der Waals surface area contributed by atoms with E-state index in [-0.39, 0.29) is 12.5 Å². The lowest BCUT2D eigenvalue weighted by molar-refractivity contribution is 0.102. The predicted octanol–water partition coefficient (Wildman–Crippen LogP) is 6.03. The second kappa shape index (κ2) is 7.99. The lowest BCUT2D eigenvalue weighted by Gasteiger charge is -2.09. The van der Waals surface area contributed by atoms with E-state index in [1.54, 1.807) is 54.1 Å². The third-order valence-electron chi connectivity index (χ3n) is 3.40. The van der Waals surface area contributed by atoms with E-state index in [4.69, 9.17) is 44.3 Å². The minimum absolute atomic E-state index is 0.0736. The maximum Gasteiger partial charge on any atom is 0.515 e. The third kappa shape index (κ3) is 4.12. The molecule has 3 aromatic rings. The first kappa shape index (κ1) is 18.6. The van der Waals surface area contributed by atoms with Gasteiger partial charge in [-0.3, -0.25) is 0 Å². The van der Waals surface area contributed by atoms with E-state index in [1.807, 2.05) is 6.07 Å². The molecule has 0 bridgehead atoms. The largest absolute Gasteiger partial charge is 0.515 e. The molecule has 26 heavy (non-hydrogen) atoms. The topological polar surface area (TPSA) is 53.4 Å². The summed E-state index contributed by atoms with van der Waals surface area (Å²) in [5, 5.41) is 5.81. The number of aromatic nitrogens is 2. The van der Waals surface area contributed by atoms with Crippen molar-refractivity contribution in [2.75, 3.05) is 6.61 Å². The van der Waals surface area contributed by atoms with E-state index in [2.05, 4.69) is 5.10 Å². The van der Waals surface area contributed by atoms with Crippen LogP contribution in [-0.2, 0) is 4.74 Å². The van der Waals surface area contributed by atoms with Gasteiger partial charge in [0, 0.05) is 21.7 Å². The monoisotopic (exact) mass is 410 g/mol. The maximum absolute atomic E-state index is 11.6. The van der Waals surface area contributed by atoms with E-state index in [0.717, 1.165) is 0 Å². The molecule has 2 aromatic carbocycles. The molecule has 5 nitrogen and oxygen atoms in total. The Hall–Kier alpha value is -2.21. The zero-order valence-electron chi connectivity index (χ0n) is 13.6. The quantitative estimate of drug-likeness (QED) is 0.491. The average Bonchev–Trinajstić information content (AvgIpc) is 2.98. The van der Waals surface area contributed by atoms with Crippen LogP contribution in [0.5, 0.6) is 5.88 Å². The summed E-state index contributed by atoms with van der Waals surface area (Å²) in [7, 11) is 0. The number of hydrogen-bond donors (Lipinski definition) is 0. The van der Waals surface area contributed by atoms with Gasteiger partial charge in [0.1, 0.15) is 0 Å². The molecular formula is C18H13Cl3N2O3. The Morgan fingerprint density at radius 1 is 1.08 bits per heavy atom. The van der Waals surface area contributed by atoms with Gasteiger partial charge in [-0.1, -0.05) is 40.9 Å². The minimum atomic E-state index is -0.836. The first-order chi connectivity index (χ1) is 12.5. The Labute approximate surface area is 165 Å². The Morgan fingerprint density at radius 3 is 2.54 bits per heavy atom. The summed E-state index contributed by atoms with van der Waals surface area (Å²) < 4.78 is 11.5. The third-order valence-corrected chi connectivity index (χ3v) is 4.18. The molecule has 1 aromatic heterocycles. The number of halogens is 3. The van der Waals surface area contributed by atoms with Gasteiger partial charge >= 0.3 is 6.16 Å². The van der Waals surface area contributed by atoms with Gasteiger partial charge in [0.05, 0.1) is 23.0 Å².